The Kier molecular flexibility index (Phi) is 4.63. The molecule has 0 atom stereocenters. The summed E-state index contributed by atoms with van der Waals surface area (Å²) in [4.78, 5) is 10.9. The van der Waals surface area contributed by atoms with Crippen molar-refractivity contribution in [1.29, 1.82) is 0 Å². The van der Waals surface area contributed by atoms with Gasteiger partial charge in [-0.15, -0.1) is 0 Å². The molecule has 2 rings (SSSR count). The Morgan fingerprint density at radius 2 is 1.95 bits per heavy atom. The van der Waals surface area contributed by atoms with Gasteiger partial charge < -0.3 is 14.6 Å². The third-order valence-corrected chi connectivity index (χ3v) is 3.13. The molecule has 0 aliphatic rings. The Morgan fingerprint density at radius 3 is 2.65 bits per heavy atom. The SMILES string of the molecule is COc1cccc(Oc2ccc(Br)cc2CC(=O)O)c1. The lowest BCUT2D eigenvalue weighted by atomic mass is 10.1. The first-order valence-electron chi connectivity index (χ1n) is 5.90. The van der Waals surface area contributed by atoms with Gasteiger partial charge in [0.25, 0.3) is 0 Å². The smallest absolute Gasteiger partial charge is 0.307 e. The molecule has 0 amide bonds. The van der Waals surface area contributed by atoms with Gasteiger partial charge in [-0.25, -0.2) is 0 Å². The molecule has 0 aliphatic heterocycles. The quantitative estimate of drug-likeness (QED) is 0.900. The normalized spacial score (nSPS) is 10.1. The molecule has 0 saturated carbocycles. The second-order valence-corrected chi connectivity index (χ2v) is 5.02. The van der Waals surface area contributed by atoms with Crippen molar-refractivity contribution in [2.24, 2.45) is 0 Å². The number of methoxy groups -OCH3 is 1. The maximum atomic E-state index is 10.9. The summed E-state index contributed by atoms with van der Waals surface area (Å²) in [5, 5.41) is 8.94. The van der Waals surface area contributed by atoms with Gasteiger partial charge in [0.05, 0.1) is 13.5 Å². The van der Waals surface area contributed by atoms with Gasteiger partial charge in [0.1, 0.15) is 17.2 Å². The first-order valence-corrected chi connectivity index (χ1v) is 6.70. The van der Waals surface area contributed by atoms with Gasteiger partial charge in [-0.3, -0.25) is 4.79 Å². The maximum absolute atomic E-state index is 10.9. The van der Waals surface area contributed by atoms with Crippen LogP contribution in [0, 0.1) is 0 Å². The zero-order valence-corrected chi connectivity index (χ0v) is 12.4. The number of rotatable bonds is 5. The highest BCUT2D eigenvalue weighted by atomic mass is 79.9. The molecule has 0 bridgehead atoms. The molecule has 2 aromatic carbocycles. The Labute approximate surface area is 125 Å². The van der Waals surface area contributed by atoms with E-state index in [1.165, 1.54) is 0 Å². The van der Waals surface area contributed by atoms with Crippen LogP contribution in [0.4, 0.5) is 0 Å². The minimum atomic E-state index is -0.904. The van der Waals surface area contributed by atoms with Crippen LogP contribution in [0.3, 0.4) is 0 Å². The van der Waals surface area contributed by atoms with Gasteiger partial charge in [-0.2, -0.15) is 0 Å². The van der Waals surface area contributed by atoms with Crippen LogP contribution in [0.25, 0.3) is 0 Å². The Morgan fingerprint density at radius 1 is 1.20 bits per heavy atom. The van der Waals surface area contributed by atoms with E-state index in [0.29, 0.717) is 22.8 Å². The Bertz CT molecular complexity index is 625. The van der Waals surface area contributed by atoms with Crippen molar-refractivity contribution in [3.8, 4) is 17.2 Å². The molecular weight excluding hydrogens is 324 g/mol. The third-order valence-electron chi connectivity index (χ3n) is 2.63. The summed E-state index contributed by atoms with van der Waals surface area (Å²) >= 11 is 3.33. The summed E-state index contributed by atoms with van der Waals surface area (Å²) in [5.41, 5.74) is 0.606. The molecular formula is C15H13BrO4. The van der Waals surface area contributed by atoms with Crippen LogP contribution in [0.2, 0.25) is 0 Å². The number of hydrogen-bond donors (Lipinski definition) is 1. The van der Waals surface area contributed by atoms with Crippen LogP contribution < -0.4 is 9.47 Å². The van der Waals surface area contributed by atoms with Crippen molar-refractivity contribution < 1.29 is 19.4 Å². The molecule has 0 spiro atoms. The number of halogens is 1. The zero-order valence-electron chi connectivity index (χ0n) is 10.8. The van der Waals surface area contributed by atoms with E-state index in [1.54, 1.807) is 37.4 Å². The molecule has 104 valence electrons. The van der Waals surface area contributed by atoms with E-state index >= 15 is 0 Å². The highest BCUT2D eigenvalue weighted by Gasteiger charge is 2.10. The molecule has 5 heteroatoms. The summed E-state index contributed by atoms with van der Waals surface area (Å²) in [5.74, 6) is 0.889. The van der Waals surface area contributed by atoms with Crippen molar-refractivity contribution >= 4 is 21.9 Å². The Balaban J connectivity index is 2.29. The predicted octanol–water partition coefficient (Wildman–Crippen LogP) is 3.88. The number of ether oxygens (including phenoxy) is 2. The second-order valence-electron chi connectivity index (χ2n) is 4.10. The predicted molar refractivity (Wildman–Crippen MR) is 78.5 cm³/mol. The zero-order chi connectivity index (χ0) is 14.5. The largest absolute Gasteiger partial charge is 0.497 e. The topological polar surface area (TPSA) is 55.8 Å². The molecule has 2 aromatic rings. The molecule has 20 heavy (non-hydrogen) atoms. The average molecular weight is 337 g/mol. The molecule has 0 heterocycles. The molecule has 0 aromatic heterocycles. The fourth-order valence-corrected chi connectivity index (χ4v) is 2.15. The minimum Gasteiger partial charge on any atom is -0.497 e. The lowest BCUT2D eigenvalue weighted by Gasteiger charge is -2.11. The van der Waals surface area contributed by atoms with Crippen molar-refractivity contribution in [3.05, 3.63) is 52.5 Å². The van der Waals surface area contributed by atoms with E-state index in [0.717, 1.165) is 4.47 Å². The highest BCUT2D eigenvalue weighted by Crippen LogP contribution is 2.30. The van der Waals surface area contributed by atoms with E-state index < -0.39 is 5.97 Å². The van der Waals surface area contributed by atoms with Crippen LogP contribution in [-0.4, -0.2) is 18.2 Å². The van der Waals surface area contributed by atoms with Crippen molar-refractivity contribution in [3.63, 3.8) is 0 Å². The number of carbonyl (C=O) groups is 1. The van der Waals surface area contributed by atoms with Gasteiger partial charge in [-0.05, 0) is 30.3 Å². The summed E-state index contributed by atoms with van der Waals surface area (Å²) in [6, 6.07) is 12.4. The van der Waals surface area contributed by atoms with Gasteiger partial charge in [-0.1, -0.05) is 22.0 Å². The molecule has 0 fully saturated rings. The van der Waals surface area contributed by atoms with Crippen LogP contribution >= 0.6 is 15.9 Å². The summed E-state index contributed by atoms with van der Waals surface area (Å²) < 4.78 is 11.7. The fourth-order valence-electron chi connectivity index (χ4n) is 1.74. The molecule has 1 N–H and O–H groups in total. The monoisotopic (exact) mass is 336 g/mol. The van der Waals surface area contributed by atoms with E-state index in [2.05, 4.69) is 15.9 Å². The second kappa shape index (κ2) is 6.43. The van der Waals surface area contributed by atoms with E-state index in [1.807, 2.05) is 12.1 Å². The van der Waals surface area contributed by atoms with Gasteiger partial charge >= 0.3 is 5.97 Å². The van der Waals surface area contributed by atoms with Crippen molar-refractivity contribution in [2.45, 2.75) is 6.42 Å². The first-order chi connectivity index (χ1) is 9.58. The maximum Gasteiger partial charge on any atom is 0.307 e. The standard InChI is InChI=1S/C15H13BrO4/c1-19-12-3-2-4-13(9-12)20-14-6-5-11(16)7-10(14)8-15(17)18/h2-7,9H,8H2,1H3,(H,17,18). The molecule has 0 unspecified atom stereocenters. The van der Waals surface area contributed by atoms with Gasteiger partial charge in [0, 0.05) is 16.1 Å². The average Bonchev–Trinajstić information content (AvgIpc) is 2.41. The lowest BCUT2D eigenvalue weighted by molar-refractivity contribution is -0.136. The minimum absolute atomic E-state index is 0.0985. The Hall–Kier alpha value is -2.01. The third kappa shape index (κ3) is 3.74. The number of hydrogen-bond acceptors (Lipinski definition) is 3. The van der Waals surface area contributed by atoms with Crippen molar-refractivity contribution in [2.75, 3.05) is 7.11 Å². The van der Waals surface area contributed by atoms with E-state index in [-0.39, 0.29) is 6.42 Å². The first kappa shape index (κ1) is 14.4. The number of carboxylic acids is 1. The number of aliphatic carboxylic acids is 1. The summed E-state index contributed by atoms with van der Waals surface area (Å²) in [6.45, 7) is 0. The summed E-state index contributed by atoms with van der Waals surface area (Å²) in [6.07, 6.45) is -0.0985. The molecule has 0 aliphatic carbocycles. The van der Waals surface area contributed by atoms with Crippen LogP contribution in [0.15, 0.2) is 46.9 Å². The van der Waals surface area contributed by atoms with Crippen LogP contribution in [0.1, 0.15) is 5.56 Å². The molecule has 4 nitrogen and oxygen atoms in total. The van der Waals surface area contributed by atoms with Gasteiger partial charge in [0.15, 0.2) is 0 Å². The van der Waals surface area contributed by atoms with Crippen LogP contribution in [-0.2, 0) is 11.2 Å². The van der Waals surface area contributed by atoms with E-state index in [4.69, 9.17) is 14.6 Å². The number of carboxylic acid groups (broad SMARTS) is 1. The highest BCUT2D eigenvalue weighted by molar-refractivity contribution is 9.10. The van der Waals surface area contributed by atoms with Crippen molar-refractivity contribution in [1.82, 2.24) is 0 Å². The summed E-state index contributed by atoms with van der Waals surface area (Å²) in [7, 11) is 1.58. The lowest BCUT2D eigenvalue weighted by Crippen LogP contribution is -2.02. The molecule has 0 radical (unpaired) electrons. The number of benzene rings is 2. The fraction of sp³-hybridized carbons (Fsp3) is 0.133. The molecule has 0 saturated heterocycles. The van der Waals surface area contributed by atoms with E-state index in [9.17, 15) is 4.79 Å². The van der Waals surface area contributed by atoms with Crippen LogP contribution in [0.5, 0.6) is 17.2 Å². The van der Waals surface area contributed by atoms with Gasteiger partial charge in [0.2, 0.25) is 0 Å².